The number of nitrogens with one attached hydrogen (secondary N) is 3. The zero-order valence-corrected chi connectivity index (χ0v) is 24.1. The van der Waals surface area contributed by atoms with Crippen molar-refractivity contribution >= 4 is 34.5 Å². The number of esters is 1. The van der Waals surface area contributed by atoms with Gasteiger partial charge in [0.2, 0.25) is 0 Å². The Balaban J connectivity index is 1.23. The van der Waals surface area contributed by atoms with Gasteiger partial charge in [-0.2, -0.15) is 13.2 Å². The minimum atomic E-state index is -4.61. The van der Waals surface area contributed by atoms with Gasteiger partial charge in [-0.15, -0.1) is 0 Å². The number of alkyl halides is 3. The van der Waals surface area contributed by atoms with Gasteiger partial charge in [0.05, 0.1) is 24.6 Å². The van der Waals surface area contributed by atoms with Crippen LogP contribution in [0.15, 0.2) is 60.8 Å². The number of pyridine rings is 1. The molecule has 0 saturated carbocycles. The molecule has 2 amide bonds. The molecule has 10 nitrogen and oxygen atoms in total. The SMILES string of the molecule is COC(=O)c1cc2cc(NC(=O)c3cccc(CNC(=O)c4ccc(CN5CCN(C)CC5)c(C(F)(F)F)c4)c3)cnc2[nH]1. The molecule has 0 spiro atoms. The van der Waals surface area contributed by atoms with Gasteiger partial charge in [-0.05, 0) is 54.6 Å². The van der Waals surface area contributed by atoms with Crippen molar-refractivity contribution in [1.82, 2.24) is 25.1 Å². The average Bonchev–Trinajstić information content (AvgIpc) is 3.44. The molecule has 2 aromatic carbocycles. The monoisotopic (exact) mass is 608 g/mol. The summed E-state index contributed by atoms with van der Waals surface area (Å²) in [5, 5.41) is 5.99. The van der Waals surface area contributed by atoms with Gasteiger partial charge in [-0.1, -0.05) is 18.2 Å². The Hall–Kier alpha value is -4.75. The van der Waals surface area contributed by atoms with Crippen molar-refractivity contribution in [1.29, 1.82) is 0 Å². The van der Waals surface area contributed by atoms with E-state index >= 15 is 0 Å². The lowest BCUT2D eigenvalue weighted by atomic mass is 10.0. The maximum absolute atomic E-state index is 13.9. The number of benzene rings is 2. The Labute approximate surface area is 251 Å². The summed E-state index contributed by atoms with van der Waals surface area (Å²) in [5.74, 6) is -1.64. The third-order valence-electron chi connectivity index (χ3n) is 7.44. The number of H-pyrrole nitrogens is 1. The summed E-state index contributed by atoms with van der Waals surface area (Å²) in [6.45, 7) is 3.06. The molecule has 0 aliphatic carbocycles. The summed E-state index contributed by atoms with van der Waals surface area (Å²) < 4.78 is 46.5. The molecule has 5 rings (SSSR count). The fraction of sp³-hybridized carbons (Fsp3) is 0.290. The Bertz CT molecular complexity index is 1700. The number of methoxy groups -OCH3 is 1. The lowest BCUT2D eigenvalue weighted by Crippen LogP contribution is -2.44. The van der Waals surface area contributed by atoms with Gasteiger partial charge >= 0.3 is 12.1 Å². The lowest BCUT2D eigenvalue weighted by molar-refractivity contribution is -0.138. The molecule has 0 unspecified atom stereocenters. The number of halogens is 3. The van der Waals surface area contributed by atoms with Crippen molar-refractivity contribution in [2.45, 2.75) is 19.3 Å². The molecule has 1 fully saturated rings. The third-order valence-corrected chi connectivity index (χ3v) is 7.44. The van der Waals surface area contributed by atoms with Crippen LogP contribution in [0.2, 0.25) is 0 Å². The second-order valence-corrected chi connectivity index (χ2v) is 10.6. The molecule has 2 aromatic heterocycles. The van der Waals surface area contributed by atoms with Gasteiger partial charge in [-0.3, -0.25) is 14.5 Å². The van der Waals surface area contributed by atoms with E-state index in [1.165, 1.54) is 25.4 Å². The molecule has 0 atom stereocenters. The Morgan fingerprint density at radius 3 is 2.45 bits per heavy atom. The van der Waals surface area contributed by atoms with E-state index in [2.05, 4.69) is 25.5 Å². The number of carbonyl (C=O) groups is 3. The van der Waals surface area contributed by atoms with Crippen LogP contribution >= 0.6 is 0 Å². The highest BCUT2D eigenvalue weighted by Gasteiger charge is 2.34. The summed E-state index contributed by atoms with van der Waals surface area (Å²) in [6.07, 6.45) is -3.17. The molecule has 44 heavy (non-hydrogen) atoms. The Morgan fingerprint density at radius 2 is 1.73 bits per heavy atom. The van der Waals surface area contributed by atoms with E-state index in [0.717, 1.165) is 19.2 Å². The van der Waals surface area contributed by atoms with E-state index in [0.29, 0.717) is 40.9 Å². The number of ether oxygens (including phenoxy) is 1. The summed E-state index contributed by atoms with van der Waals surface area (Å²) >= 11 is 0. The fourth-order valence-corrected chi connectivity index (χ4v) is 4.98. The number of likely N-dealkylation sites (N-methyl/N-ethyl adjacent to an activating group) is 1. The first-order chi connectivity index (χ1) is 21.0. The first kappa shape index (κ1) is 30.7. The van der Waals surface area contributed by atoms with E-state index in [4.69, 9.17) is 4.74 Å². The van der Waals surface area contributed by atoms with E-state index in [9.17, 15) is 27.6 Å². The van der Waals surface area contributed by atoms with Gasteiger partial charge in [-0.25, -0.2) is 9.78 Å². The predicted molar refractivity (Wildman–Crippen MR) is 157 cm³/mol. The van der Waals surface area contributed by atoms with Gasteiger partial charge in [0, 0.05) is 55.8 Å². The van der Waals surface area contributed by atoms with Gasteiger partial charge in [0.25, 0.3) is 11.8 Å². The third kappa shape index (κ3) is 7.24. The molecule has 3 heterocycles. The summed E-state index contributed by atoms with van der Waals surface area (Å²) in [4.78, 5) is 48.7. The molecule has 0 bridgehead atoms. The summed E-state index contributed by atoms with van der Waals surface area (Å²) in [5.41, 5.74) is 1.16. The normalized spacial score (nSPS) is 14.4. The minimum Gasteiger partial charge on any atom is -0.464 e. The summed E-state index contributed by atoms with van der Waals surface area (Å²) in [6, 6.07) is 13.4. The van der Waals surface area contributed by atoms with Crippen LogP contribution in [0.4, 0.5) is 18.9 Å². The summed E-state index contributed by atoms with van der Waals surface area (Å²) in [7, 11) is 3.24. The molecule has 3 N–H and O–H groups in total. The molecule has 1 aliphatic heterocycles. The van der Waals surface area contributed by atoms with Crippen molar-refractivity contribution in [3.8, 4) is 0 Å². The number of nitrogens with zero attached hydrogens (tertiary/aromatic N) is 3. The maximum Gasteiger partial charge on any atom is 0.416 e. The first-order valence-electron chi connectivity index (χ1n) is 13.9. The largest absolute Gasteiger partial charge is 0.464 e. The quantitative estimate of drug-likeness (QED) is 0.255. The maximum atomic E-state index is 13.9. The average molecular weight is 609 g/mol. The van der Waals surface area contributed by atoms with E-state index < -0.39 is 29.5 Å². The van der Waals surface area contributed by atoms with Crippen LogP contribution in [0.3, 0.4) is 0 Å². The predicted octanol–water partition coefficient (Wildman–Crippen LogP) is 4.30. The fourth-order valence-electron chi connectivity index (χ4n) is 4.98. The van der Waals surface area contributed by atoms with Gasteiger partial charge < -0.3 is 25.3 Å². The molecule has 230 valence electrons. The zero-order valence-electron chi connectivity index (χ0n) is 24.1. The molecule has 13 heteroatoms. The van der Waals surface area contributed by atoms with Crippen molar-refractivity contribution in [3.05, 3.63) is 94.3 Å². The number of hydrogen-bond donors (Lipinski definition) is 3. The number of hydrogen-bond acceptors (Lipinski definition) is 7. The Kier molecular flexibility index (Phi) is 8.97. The highest BCUT2D eigenvalue weighted by molar-refractivity contribution is 6.05. The van der Waals surface area contributed by atoms with Crippen LogP contribution in [0.5, 0.6) is 0 Å². The standard InChI is InChI=1S/C31H31F3N6O4/c1-39-8-10-40(11-9-39)18-22-7-6-21(14-25(22)31(32,33)34)28(41)36-16-19-4-3-5-20(12-19)29(42)37-24-13-23-15-26(30(43)44-2)38-27(23)35-17-24/h3-7,12-15,17H,8-11,16,18H2,1-2H3,(H,35,38)(H,36,41)(H,37,42). The number of aromatic amines is 1. The topological polar surface area (TPSA) is 120 Å². The number of aromatic nitrogens is 2. The molecular weight excluding hydrogens is 577 g/mol. The van der Waals surface area contributed by atoms with Crippen molar-refractivity contribution < 1.29 is 32.3 Å². The minimum absolute atomic E-state index is 0.00246. The van der Waals surface area contributed by atoms with Crippen LogP contribution < -0.4 is 10.6 Å². The van der Waals surface area contributed by atoms with E-state index in [1.54, 1.807) is 36.4 Å². The number of rotatable bonds is 8. The van der Waals surface area contributed by atoms with Gasteiger partial charge in [0.1, 0.15) is 11.3 Å². The smallest absolute Gasteiger partial charge is 0.416 e. The molecule has 1 saturated heterocycles. The molecule has 1 aliphatic rings. The number of anilines is 1. The molecule has 0 radical (unpaired) electrons. The van der Waals surface area contributed by atoms with Crippen LogP contribution in [0.1, 0.15) is 47.9 Å². The van der Waals surface area contributed by atoms with Crippen molar-refractivity contribution in [2.24, 2.45) is 0 Å². The van der Waals surface area contributed by atoms with E-state index in [-0.39, 0.29) is 29.9 Å². The van der Waals surface area contributed by atoms with Crippen LogP contribution in [-0.4, -0.2) is 77.9 Å². The lowest BCUT2D eigenvalue weighted by Gasteiger charge is -2.33. The molecule has 4 aromatic rings. The number of amides is 2. The number of piperazine rings is 1. The number of carbonyl (C=O) groups excluding carboxylic acids is 3. The second kappa shape index (κ2) is 12.9. The second-order valence-electron chi connectivity index (χ2n) is 10.6. The van der Waals surface area contributed by atoms with Crippen molar-refractivity contribution in [2.75, 3.05) is 45.7 Å². The highest BCUT2D eigenvalue weighted by atomic mass is 19.4. The van der Waals surface area contributed by atoms with Crippen LogP contribution in [0, 0.1) is 0 Å². The van der Waals surface area contributed by atoms with Crippen LogP contribution in [-0.2, 0) is 24.0 Å². The van der Waals surface area contributed by atoms with Crippen LogP contribution in [0.25, 0.3) is 11.0 Å². The zero-order chi connectivity index (χ0) is 31.4. The van der Waals surface area contributed by atoms with Gasteiger partial charge in [0.15, 0.2) is 0 Å². The highest BCUT2D eigenvalue weighted by Crippen LogP contribution is 2.33. The molecular formula is C31H31F3N6O4. The van der Waals surface area contributed by atoms with E-state index in [1.807, 2.05) is 11.9 Å². The Morgan fingerprint density at radius 1 is 0.977 bits per heavy atom. The van der Waals surface area contributed by atoms with Crippen molar-refractivity contribution in [3.63, 3.8) is 0 Å². The first-order valence-corrected chi connectivity index (χ1v) is 13.9. The number of fused-ring (bicyclic) bond motifs is 1.